The normalized spacial score (nSPS) is 15.8. The van der Waals surface area contributed by atoms with Gasteiger partial charge in [0.2, 0.25) is 5.78 Å². The second kappa shape index (κ2) is 17.8. The van der Waals surface area contributed by atoms with Gasteiger partial charge in [-0.1, -0.05) is 68.1 Å². The molecule has 1 unspecified atom stereocenters. The van der Waals surface area contributed by atoms with E-state index in [1.165, 1.54) is 31.2 Å². The molecule has 0 bridgehead atoms. The van der Waals surface area contributed by atoms with E-state index in [-0.39, 0.29) is 17.8 Å². The molecule has 6 nitrogen and oxygen atoms in total. The highest BCUT2D eigenvalue weighted by molar-refractivity contribution is 6.40. The van der Waals surface area contributed by atoms with Crippen molar-refractivity contribution in [2.24, 2.45) is 0 Å². The average Bonchev–Trinajstić information content (AvgIpc) is 2.90. The molecule has 1 atom stereocenters. The van der Waals surface area contributed by atoms with Crippen molar-refractivity contribution in [2.45, 2.75) is 58.6 Å². The molecule has 0 radical (unpaired) electrons. The third kappa shape index (κ3) is 12.0. The van der Waals surface area contributed by atoms with Gasteiger partial charge in [-0.25, -0.2) is 0 Å². The Kier molecular flexibility index (Phi) is 15.5. The number of carbonyl (C=O) groups excluding carboxylic acids is 2. The smallest absolute Gasteiger partial charge is 0.253 e. The molecular formula is C29H38Cl2N2O4. The third-order valence-corrected chi connectivity index (χ3v) is 5.61. The molecular weight excluding hydrogens is 511 g/mol. The van der Waals surface area contributed by atoms with E-state index in [2.05, 4.69) is 24.5 Å². The van der Waals surface area contributed by atoms with Crippen LogP contribution in [0.1, 0.15) is 57.8 Å². The fourth-order valence-corrected chi connectivity index (χ4v) is 3.19. The number of ether oxygens (including phenoxy) is 2. The van der Waals surface area contributed by atoms with Gasteiger partial charge in [-0.2, -0.15) is 0 Å². The molecule has 0 saturated heterocycles. The molecule has 1 amide bonds. The first kappa shape index (κ1) is 32.4. The number of unbranched alkanes of at least 4 members (excludes halogenated alkanes) is 1. The summed E-state index contributed by atoms with van der Waals surface area (Å²) in [5.41, 5.74) is 1.29. The minimum Gasteiger partial charge on any atom is -0.359 e. The molecule has 2 aromatic carbocycles. The summed E-state index contributed by atoms with van der Waals surface area (Å²) in [5.74, 6) is -0.724. The molecule has 202 valence electrons. The first-order valence-corrected chi connectivity index (χ1v) is 13.2. The number of Topliss-reactive ketones (excluding diaryl/α,β-unsaturated/α-hetero) is 1. The summed E-state index contributed by atoms with van der Waals surface area (Å²) in [6.07, 6.45) is 6.99. The summed E-state index contributed by atoms with van der Waals surface area (Å²) in [4.78, 5) is 23.7. The fraction of sp³-hybridized carbons (Fsp3) is 0.379. The Balaban J connectivity index is 0.000000478. The Hall–Kier alpha value is -2.64. The first-order valence-electron chi connectivity index (χ1n) is 12.5. The number of hydrogen-bond acceptors (Lipinski definition) is 5. The lowest BCUT2D eigenvalue weighted by Crippen LogP contribution is -2.38. The van der Waals surface area contributed by atoms with Crippen molar-refractivity contribution in [3.05, 3.63) is 89.2 Å². The Morgan fingerprint density at radius 1 is 0.946 bits per heavy atom. The zero-order valence-electron chi connectivity index (χ0n) is 22.2. The number of allylic oxidation sites excluding steroid dienone is 1. The van der Waals surface area contributed by atoms with Gasteiger partial charge in [0.15, 0.2) is 11.2 Å². The molecule has 0 spiro atoms. The minimum atomic E-state index is -1.46. The van der Waals surface area contributed by atoms with Gasteiger partial charge in [-0.3, -0.25) is 9.59 Å². The number of ketones is 1. The topological polar surface area (TPSA) is 76.7 Å². The van der Waals surface area contributed by atoms with E-state index < -0.39 is 10.8 Å². The van der Waals surface area contributed by atoms with Crippen molar-refractivity contribution in [1.82, 2.24) is 5.32 Å². The Bertz CT molecular complexity index is 1000. The van der Waals surface area contributed by atoms with Gasteiger partial charge in [0.05, 0.1) is 5.70 Å². The van der Waals surface area contributed by atoms with Crippen molar-refractivity contribution in [2.75, 3.05) is 18.5 Å². The highest BCUT2D eigenvalue weighted by Gasteiger charge is 2.35. The number of dihydropyridines is 1. The van der Waals surface area contributed by atoms with Gasteiger partial charge in [-0.05, 0) is 75.5 Å². The zero-order valence-corrected chi connectivity index (χ0v) is 23.7. The number of anilines is 1. The number of benzene rings is 2. The molecule has 2 N–H and O–H groups in total. The molecule has 1 aliphatic rings. The van der Waals surface area contributed by atoms with Crippen LogP contribution in [0.25, 0.3) is 0 Å². The van der Waals surface area contributed by atoms with Crippen LogP contribution in [0.4, 0.5) is 5.69 Å². The van der Waals surface area contributed by atoms with E-state index in [1.54, 1.807) is 48.5 Å². The number of rotatable bonds is 9. The van der Waals surface area contributed by atoms with Crippen LogP contribution in [0.2, 0.25) is 5.02 Å². The van der Waals surface area contributed by atoms with E-state index in [4.69, 9.17) is 32.7 Å². The molecule has 0 aliphatic carbocycles. The monoisotopic (exact) mass is 548 g/mol. The molecule has 0 saturated carbocycles. The van der Waals surface area contributed by atoms with Gasteiger partial charge in [0, 0.05) is 29.5 Å². The van der Waals surface area contributed by atoms with E-state index >= 15 is 0 Å². The minimum absolute atomic E-state index is 0.0370. The van der Waals surface area contributed by atoms with Crippen molar-refractivity contribution < 1.29 is 19.1 Å². The number of hydrogen-bond donors (Lipinski definition) is 2. The van der Waals surface area contributed by atoms with Crippen LogP contribution in [-0.4, -0.2) is 36.1 Å². The molecule has 37 heavy (non-hydrogen) atoms. The molecule has 0 aromatic heterocycles. The fourth-order valence-electron chi connectivity index (χ4n) is 2.85. The predicted molar refractivity (Wildman–Crippen MR) is 153 cm³/mol. The average molecular weight is 550 g/mol. The Labute approximate surface area is 231 Å². The first-order chi connectivity index (χ1) is 17.7. The molecule has 8 heteroatoms. The standard InChI is InChI=1S/C19H14Cl2N2O2.C6H14O2.C4H10/c20-14-8-6-13(7-9-14)17(24)16-12-19(21,10-11-22-16)18(25)23-15-4-2-1-3-5-15;1-4-7-6(3)8-5-2;1-3-4-2/h1-12,22H,(H,23,25);6H,4-5H2,1-3H3;3-4H2,1-2H3. The van der Waals surface area contributed by atoms with Crippen LogP contribution in [0.15, 0.2) is 78.6 Å². The number of alkyl halides is 1. The highest BCUT2D eigenvalue weighted by Crippen LogP contribution is 2.27. The second-order valence-corrected chi connectivity index (χ2v) is 9.00. The Morgan fingerprint density at radius 3 is 2.03 bits per heavy atom. The predicted octanol–water partition coefficient (Wildman–Crippen LogP) is 7.35. The molecule has 1 aliphatic heterocycles. The van der Waals surface area contributed by atoms with Crippen LogP contribution in [0.3, 0.4) is 0 Å². The summed E-state index contributed by atoms with van der Waals surface area (Å²) in [7, 11) is 0. The summed E-state index contributed by atoms with van der Waals surface area (Å²) in [6, 6.07) is 15.5. The quantitative estimate of drug-likeness (QED) is 0.194. The molecule has 3 rings (SSSR count). The maximum Gasteiger partial charge on any atom is 0.253 e. The zero-order chi connectivity index (χ0) is 27.7. The SMILES string of the molecule is CCCC.CCOC(C)OCC.O=C(C1=CC(Cl)(C(=O)Nc2ccccc2)C=CN1)c1ccc(Cl)cc1. The Morgan fingerprint density at radius 2 is 1.51 bits per heavy atom. The van der Waals surface area contributed by atoms with Crippen LogP contribution in [-0.2, 0) is 14.3 Å². The summed E-state index contributed by atoms with van der Waals surface area (Å²) in [5, 5.41) is 6.11. The van der Waals surface area contributed by atoms with E-state index in [1.807, 2.05) is 26.8 Å². The van der Waals surface area contributed by atoms with Crippen molar-refractivity contribution >= 4 is 40.6 Å². The van der Waals surface area contributed by atoms with Crippen LogP contribution < -0.4 is 10.6 Å². The maximum absolute atomic E-state index is 12.6. The van der Waals surface area contributed by atoms with E-state index in [9.17, 15) is 9.59 Å². The molecule has 2 aromatic rings. The van der Waals surface area contributed by atoms with Crippen molar-refractivity contribution in [3.8, 4) is 0 Å². The number of nitrogens with one attached hydrogen (secondary N) is 2. The van der Waals surface area contributed by atoms with Crippen LogP contribution >= 0.6 is 23.2 Å². The van der Waals surface area contributed by atoms with Crippen molar-refractivity contribution in [1.29, 1.82) is 0 Å². The summed E-state index contributed by atoms with van der Waals surface area (Å²) in [6.45, 7) is 11.6. The van der Waals surface area contributed by atoms with Gasteiger partial charge in [-0.15, -0.1) is 0 Å². The number of amides is 1. The van der Waals surface area contributed by atoms with E-state index in [0.717, 1.165) is 13.2 Å². The van der Waals surface area contributed by atoms with Crippen molar-refractivity contribution in [3.63, 3.8) is 0 Å². The van der Waals surface area contributed by atoms with E-state index in [0.29, 0.717) is 16.3 Å². The van der Waals surface area contributed by atoms with Gasteiger partial charge in [0.25, 0.3) is 5.91 Å². The summed E-state index contributed by atoms with van der Waals surface area (Å²) >= 11 is 12.3. The van der Waals surface area contributed by atoms with Gasteiger partial charge < -0.3 is 20.1 Å². The maximum atomic E-state index is 12.6. The van der Waals surface area contributed by atoms with Gasteiger partial charge in [0.1, 0.15) is 0 Å². The summed E-state index contributed by atoms with van der Waals surface area (Å²) < 4.78 is 10.1. The molecule has 1 heterocycles. The largest absolute Gasteiger partial charge is 0.359 e. The lowest BCUT2D eigenvalue weighted by molar-refractivity contribution is -0.123. The van der Waals surface area contributed by atoms with Gasteiger partial charge >= 0.3 is 0 Å². The van der Waals surface area contributed by atoms with Crippen LogP contribution in [0, 0.1) is 0 Å². The lowest BCUT2D eigenvalue weighted by atomic mass is 9.99. The lowest BCUT2D eigenvalue weighted by Gasteiger charge is -2.24. The highest BCUT2D eigenvalue weighted by atomic mass is 35.5. The number of carbonyl (C=O) groups is 2. The van der Waals surface area contributed by atoms with Crippen LogP contribution in [0.5, 0.6) is 0 Å². The number of para-hydroxylation sites is 1. The molecule has 0 fully saturated rings. The third-order valence-electron chi connectivity index (χ3n) is 4.95. The second-order valence-electron chi connectivity index (χ2n) is 7.94. The number of halogens is 2.